The van der Waals surface area contributed by atoms with Gasteiger partial charge < -0.3 is 10.1 Å². The lowest BCUT2D eigenvalue weighted by molar-refractivity contribution is 0.0990. The second-order valence-electron chi connectivity index (χ2n) is 2.63. The summed E-state index contributed by atoms with van der Waals surface area (Å²) < 4.78 is 5.37. The first-order valence-electron chi connectivity index (χ1n) is 4.09. The fourth-order valence-corrected chi connectivity index (χ4v) is 1.96. The molecule has 2 nitrogen and oxygen atoms in total. The second-order valence-corrected chi connectivity index (χ2v) is 3.61. The van der Waals surface area contributed by atoms with E-state index in [-0.39, 0.29) is 6.10 Å². The molecule has 1 aromatic rings. The number of nitrogens with one attached hydrogen (secondary N) is 1. The van der Waals surface area contributed by atoms with Gasteiger partial charge in [-0.2, -0.15) is 0 Å². The molecule has 0 aliphatic carbocycles. The number of hydrogen-bond donors (Lipinski definition) is 1. The van der Waals surface area contributed by atoms with E-state index < -0.39 is 0 Å². The normalized spacial score (nSPS) is 13.2. The van der Waals surface area contributed by atoms with Crippen LogP contribution in [0.1, 0.15) is 17.4 Å². The van der Waals surface area contributed by atoms with Crippen LogP contribution in [0, 0.1) is 0 Å². The van der Waals surface area contributed by atoms with Crippen LogP contribution in [0.5, 0.6) is 0 Å². The quantitative estimate of drug-likeness (QED) is 0.758. The highest BCUT2D eigenvalue weighted by molar-refractivity contribution is 7.10. The van der Waals surface area contributed by atoms with Gasteiger partial charge in [0.05, 0.1) is 6.10 Å². The minimum Gasteiger partial charge on any atom is -0.376 e. The molecular formula is C9H15NOS. The van der Waals surface area contributed by atoms with Gasteiger partial charge in [-0.1, -0.05) is 6.07 Å². The van der Waals surface area contributed by atoms with Crippen molar-refractivity contribution in [1.29, 1.82) is 0 Å². The maximum Gasteiger partial charge on any atom is 0.0925 e. The van der Waals surface area contributed by atoms with Gasteiger partial charge in [-0.25, -0.2) is 0 Å². The van der Waals surface area contributed by atoms with E-state index in [0.29, 0.717) is 0 Å². The van der Waals surface area contributed by atoms with Gasteiger partial charge in [0, 0.05) is 12.0 Å². The van der Waals surface area contributed by atoms with Gasteiger partial charge in [-0.15, -0.1) is 11.3 Å². The minimum absolute atomic E-state index is 0.262. The molecule has 0 saturated carbocycles. The summed E-state index contributed by atoms with van der Waals surface area (Å²) in [5.41, 5.74) is 0. The molecule has 68 valence electrons. The van der Waals surface area contributed by atoms with Gasteiger partial charge in [0.2, 0.25) is 0 Å². The van der Waals surface area contributed by atoms with Gasteiger partial charge in [-0.3, -0.25) is 0 Å². The summed E-state index contributed by atoms with van der Waals surface area (Å²) in [6.45, 7) is 0.996. The van der Waals surface area contributed by atoms with E-state index in [1.165, 1.54) is 4.88 Å². The molecule has 1 atom stereocenters. The molecule has 1 aromatic heterocycles. The lowest BCUT2D eigenvalue weighted by atomic mass is 10.2. The predicted molar refractivity (Wildman–Crippen MR) is 52.6 cm³/mol. The van der Waals surface area contributed by atoms with Crippen molar-refractivity contribution in [2.24, 2.45) is 0 Å². The zero-order valence-electron chi connectivity index (χ0n) is 7.54. The minimum atomic E-state index is 0.262. The molecule has 1 N–H and O–H groups in total. The number of methoxy groups -OCH3 is 1. The third-order valence-corrected chi connectivity index (χ3v) is 2.77. The van der Waals surface area contributed by atoms with Gasteiger partial charge in [0.15, 0.2) is 0 Å². The maximum absolute atomic E-state index is 5.37. The van der Waals surface area contributed by atoms with Crippen LogP contribution in [-0.4, -0.2) is 20.7 Å². The Hall–Kier alpha value is -0.380. The summed E-state index contributed by atoms with van der Waals surface area (Å²) in [7, 11) is 3.72. The van der Waals surface area contributed by atoms with E-state index in [4.69, 9.17) is 4.74 Å². The summed E-state index contributed by atoms with van der Waals surface area (Å²) in [6.07, 6.45) is 1.30. The van der Waals surface area contributed by atoms with Crippen LogP contribution in [0.25, 0.3) is 0 Å². The molecule has 0 unspecified atom stereocenters. The first kappa shape index (κ1) is 9.71. The molecule has 12 heavy (non-hydrogen) atoms. The smallest absolute Gasteiger partial charge is 0.0925 e. The Labute approximate surface area is 77.6 Å². The molecule has 0 fully saturated rings. The Morgan fingerprint density at radius 3 is 3.00 bits per heavy atom. The predicted octanol–water partition coefficient (Wildman–Crippen LogP) is 2.05. The van der Waals surface area contributed by atoms with Crippen LogP contribution in [0.3, 0.4) is 0 Å². The monoisotopic (exact) mass is 185 g/mol. The number of hydrogen-bond acceptors (Lipinski definition) is 3. The number of thiophene rings is 1. The first-order valence-corrected chi connectivity index (χ1v) is 4.97. The lowest BCUT2D eigenvalue weighted by Crippen LogP contribution is -2.12. The zero-order valence-corrected chi connectivity index (χ0v) is 8.36. The summed E-state index contributed by atoms with van der Waals surface area (Å²) in [6, 6.07) is 4.18. The summed E-state index contributed by atoms with van der Waals surface area (Å²) in [4.78, 5) is 1.31. The molecule has 3 heteroatoms. The Balaban J connectivity index is 2.45. The van der Waals surface area contributed by atoms with E-state index in [1.807, 2.05) is 7.05 Å². The van der Waals surface area contributed by atoms with Crippen LogP contribution in [0.15, 0.2) is 17.5 Å². The van der Waals surface area contributed by atoms with Gasteiger partial charge in [-0.05, 0) is 31.5 Å². The third kappa shape index (κ3) is 2.59. The fourth-order valence-electron chi connectivity index (χ4n) is 1.13. The van der Waals surface area contributed by atoms with E-state index in [9.17, 15) is 0 Å². The molecule has 1 rings (SSSR count). The van der Waals surface area contributed by atoms with Crippen LogP contribution in [0.2, 0.25) is 0 Å². The number of rotatable bonds is 5. The standard InChI is InChI=1S/C9H15NOS/c1-10-6-5-8(11-2)9-4-3-7-12-9/h3-4,7-8,10H,5-6H2,1-2H3/t8-/m0/s1. The largest absolute Gasteiger partial charge is 0.376 e. The third-order valence-electron chi connectivity index (χ3n) is 1.80. The van der Waals surface area contributed by atoms with Crippen molar-refractivity contribution in [3.05, 3.63) is 22.4 Å². The Morgan fingerprint density at radius 1 is 1.67 bits per heavy atom. The number of ether oxygens (including phenoxy) is 1. The molecule has 0 aromatic carbocycles. The Bertz CT molecular complexity index is 198. The summed E-state index contributed by atoms with van der Waals surface area (Å²) >= 11 is 1.75. The highest BCUT2D eigenvalue weighted by atomic mass is 32.1. The molecule has 0 aliphatic rings. The second kappa shape index (κ2) is 5.30. The fraction of sp³-hybridized carbons (Fsp3) is 0.556. The van der Waals surface area contributed by atoms with Crippen molar-refractivity contribution in [2.45, 2.75) is 12.5 Å². The molecule has 0 saturated heterocycles. The zero-order chi connectivity index (χ0) is 8.81. The van der Waals surface area contributed by atoms with Crippen molar-refractivity contribution in [2.75, 3.05) is 20.7 Å². The summed E-state index contributed by atoms with van der Waals surface area (Å²) in [5.74, 6) is 0. The molecule has 1 heterocycles. The van der Waals surface area contributed by atoms with E-state index in [1.54, 1.807) is 18.4 Å². The molecular weight excluding hydrogens is 170 g/mol. The molecule has 0 radical (unpaired) electrons. The average molecular weight is 185 g/mol. The van der Waals surface area contributed by atoms with Crippen LogP contribution >= 0.6 is 11.3 Å². The van der Waals surface area contributed by atoms with Crippen molar-refractivity contribution >= 4 is 11.3 Å². The molecule has 0 bridgehead atoms. The van der Waals surface area contributed by atoms with E-state index in [2.05, 4.69) is 22.8 Å². The summed E-state index contributed by atoms with van der Waals surface area (Å²) in [5, 5.41) is 5.20. The van der Waals surface area contributed by atoms with Gasteiger partial charge >= 0.3 is 0 Å². The SMILES string of the molecule is CNCC[C@H](OC)c1cccs1. The topological polar surface area (TPSA) is 21.3 Å². The highest BCUT2D eigenvalue weighted by Gasteiger charge is 2.09. The molecule has 0 amide bonds. The van der Waals surface area contributed by atoms with Gasteiger partial charge in [0.25, 0.3) is 0 Å². The van der Waals surface area contributed by atoms with Crippen LogP contribution in [0.4, 0.5) is 0 Å². The Kier molecular flexibility index (Phi) is 4.29. The average Bonchev–Trinajstić information content (AvgIpc) is 2.59. The van der Waals surface area contributed by atoms with Crippen molar-refractivity contribution in [1.82, 2.24) is 5.32 Å². The molecule has 0 aliphatic heterocycles. The lowest BCUT2D eigenvalue weighted by Gasteiger charge is -2.12. The van der Waals surface area contributed by atoms with Crippen molar-refractivity contribution in [3.8, 4) is 0 Å². The molecule has 0 spiro atoms. The van der Waals surface area contributed by atoms with Crippen molar-refractivity contribution in [3.63, 3.8) is 0 Å². The Morgan fingerprint density at radius 2 is 2.50 bits per heavy atom. The first-order chi connectivity index (χ1) is 5.88. The van der Waals surface area contributed by atoms with Crippen molar-refractivity contribution < 1.29 is 4.74 Å². The van der Waals surface area contributed by atoms with Crippen LogP contribution in [-0.2, 0) is 4.74 Å². The van der Waals surface area contributed by atoms with Crippen LogP contribution < -0.4 is 5.32 Å². The maximum atomic E-state index is 5.37. The highest BCUT2D eigenvalue weighted by Crippen LogP contribution is 2.24. The van der Waals surface area contributed by atoms with E-state index >= 15 is 0 Å². The van der Waals surface area contributed by atoms with E-state index in [0.717, 1.165) is 13.0 Å². The van der Waals surface area contributed by atoms with Gasteiger partial charge in [0.1, 0.15) is 0 Å².